The average molecular weight is 389 g/mol. The predicted octanol–water partition coefficient (Wildman–Crippen LogP) is 3.50. The number of ether oxygens (including phenoxy) is 1. The van der Waals surface area contributed by atoms with Crippen LogP contribution in [0.3, 0.4) is 0 Å². The molecule has 1 saturated heterocycles. The van der Waals surface area contributed by atoms with Gasteiger partial charge >= 0.3 is 0 Å². The molecule has 2 heterocycles. The Morgan fingerprint density at radius 2 is 2.03 bits per heavy atom. The smallest absolute Gasteiger partial charge is 0.223 e. The molecule has 0 saturated carbocycles. The number of carbonyl (C=O) groups is 1. The zero-order chi connectivity index (χ0) is 20.6. The van der Waals surface area contributed by atoms with Gasteiger partial charge in [-0.2, -0.15) is 5.26 Å². The number of hydrogen-bond acceptors (Lipinski definition) is 5. The molecule has 4 rings (SSSR count). The Balaban J connectivity index is 1.68. The molecular formula is C23H23N3O3. The zero-order valence-electron chi connectivity index (χ0n) is 16.5. The first kappa shape index (κ1) is 19.2. The van der Waals surface area contributed by atoms with E-state index in [0.717, 1.165) is 17.5 Å². The van der Waals surface area contributed by atoms with Crippen LogP contribution < -0.4 is 4.74 Å². The number of likely N-dealkylation sites (tertiary alicyclic amines) is 1. The molecule has 2 aromatic rings. The van der Waals surface area contributed by atoms with E-state index in [1.54, 1.807) is 23.2 Å². The molecule has 0 radical (unpaired) electrons. The number of benzene rings is 2. The fourth-order valence-electron chi connectivity index (χ4n) is 3.93. The lowest BCUT2D eigenvalue weighted by Crippen LogP contribution is -2.53. The third-order valence-electron chi connectivity index (χ3n) is 5.54. The van der Waals surface area contributed by atoms with Crippen LogP contribution in [0.15, 0.2) is 47.5 Å². The van der Waals surface area contributed by atoms with Gasteiger partial charge in [0.15, 0.2) is 0 Å². The van der Waals surface area contributed by atoms with Crippen molar-refractivity contribution in [2.75, 3.05) is 6.54 Å². The number of aliphatic hydroxyl groups excluding tert-OH is 1. The van der Waals surface area contributed by atoms with Crippen molar-refractivity contribution in [1.29, 1.82) is 5.26 Å². The first-order chi connectivity index (χ1) is 13.9. The van der Waals surface area contributed by atoms with Crippen LogP contribution in [0.5, 0.6) is 5.75 Å². The number of amides is 1. The van der Waals surface area contributed by atoms with Gasteiger partial charge in [-0.15, -0.1) is 0 Å². The maximum Gasteiger partial charge on any atom is 0.223 e. The van der Waals surface area contributed by atoms with Crippen molar-refractivity contribution in [1.82, 2.24) is 4.90 Å². The van der Waals surface area contributed by atoms with Gasteiger partial charge in [0.1, 0.15) is 17.5 Å². The van der Waals surface area contributed by atoms with Crippen LogP contribution in [0, 0.1) is 11.3 Å². The lowest BCUT2D eigenvalue weighted by atomic mass is 9.85. The van der Waals surface area contributed by atoms with Crippen LogP contribution >= 0.6 is 0 Å². The summed E-state index contributed by atoms with van der Waals surface area (Å²) in [5, 5.41) is 19.9. The number of hydrogen-bond donors (Lipinski definition) is 1. The molecule has 0 bridgehead atoms. The summed E-state index contributed by atoms with van der Waals surface area (Å²) in [6.45, 7) is 4.31. The van der Waals surface area contributed by atoms with Gasteiger partial charge in [0.05, 0.1) is 23.4 Å². The molecule has 1 fully saturated rings. The standard InChI is InChI=1S/C23H23N3O3/c1-23(2)22(28)21(26-11-3-4-20(26)27)18-12-17(9-10-19(18)29-23)25-14-16-7-5-15(13-24)6-8-16/h5-10,12,14,21-22,28H,3-4,11H2,1-2H3/t21?,22-/m0/s1. The van der Waals surface area contributed by atoms with Crippen molar-refractivity contribution in [3.63, 3.8) is 0 Å². The van der Waals surface area contributed by atoms with Crippen LogP contribution in [0.2, 0.25) is 0 Å². The largest absolute Gasteiger partial charge is 0.485 e. The Hall–Kier alpha value is -3.17. The van der Waals surface area contributed by atoms with E-state index in [0.29, 0.717) is 30.0 Å². The minimum atomic E-state index is -0.838. The molecule has 0 aromatic heterocycles. The minimum absolute atomic E-state index is 0.0594. The molecule has 2 aliphatic heterocycles. The minimum Gasteiger partial charge on any atom is -0.485 e. The molecule has 29 heavy (non-hydrogen) atoms. The van der Waals surface area contributed by atoms with E-state index in [9.17, 15) is 9.90 Å². The number of aliphatic imine (C=N–C) groups is 1. The van der Waals surface area contributed by atoms with Crippen molar-refractivity contribution in [2.45, 2.75) is 44.4 Å². The third kappa shape index (κ3) is 3.62. The van der Waals surface area contributed by atoms with Gasteiger partial charge < -0.3 is 14.7 Å². The molecule has 1 unspecified atom stereocenters. The summed E-state index contributed by atoms with van der Waals surface area (Å²) in [7, 11) is 0. The molecule has 2 atom stereocenters. The lowest BCUT2D eigenvalue weighted by molar-refractivity contribution is -0.139. The van der Waals surface area contributed by atoms with Crippen molar-refractivity contribution in [3.05, 3.63) is 59.2 Å². The summed E-state index contributed by atoms with van der Waals surface area (Å²) in [4.78, 5) is 18.7. The van der Waals surface area contributed by atoms with Crippen molar-refractivity contribution in [2.24, 2.45) is 4.99 Å². The molecule has 148 valence electrons. The molecule has 6 nitrogen and oxygen atoms in total. The Labute approximate surface area is 170 Å². The molecule has 6 heteroatoms. The zero-order valence-corrected chi connectivity index (χ0v) is 16.5. The van der Waals surface area contributed by atoms with E-state index in [2.05, 4.69) is 11.1 Å². The van der Waals surface area contributed by atoms with Crippen molar-refractivity contribution in [3.8, 4) is 11.8 Å². The topological polar surface area (TPSA) is 85.9 Å². The number of nitriles is 1. The first-order valence-corrected chi connectivity index (χ1v) is 9.74. The SMILES string of the molecule is CC1(C)Oc2ccc(N=Cc3ccc(C#N)cc3)cc2C(N2CCCC2=O)[C@@H]1O. The Morgan fingerprint density at radius 3 is 2.69 bits per heavy atom. The Bertz CT molecular complexity index is 1010. The second-order valence-corrected chi connectivity index (χ2v) is 8.00. The van der Waals surface area contributed by atoms with Crippen LogP contribution in [0.25, 0.3) is 0 Å². The number of aliphatic hydroxyl groups is 1. The normalized spacial score (nSPS) is 23.0. The van der Waals surface area contributed by atoms with Crippen molar-refractivity contribution < 1.29 is 14.6 Å². The number of fused-ring (bicyclic) bond motifs is 1. The highest BCUT2D eigenvalue weighted by Crippen LogP contribution is 2.45. The average Bonchev–Trinajstić information content (AvgIpc) is 3.13. The second kappa shape index (κ2) is 7.34. The summed E-state index contributed by atoms with van der Waals surface area (Å²) >= 11 is 0. The van der Waals surface area contributed by atoms with Crippen LogP contribution in [-0.4, -0.2) is 40.4 Å². The van der Waals surface area contributed by atoms with E-state index < -0.39 is 17.7 Å². The fourth-order valence-corrected chi connectivity index (χ4v) is 3.93. The summed E-state index contributed by atoms with van der Waals surface area (Å²) in [5.41, 5.74) is 2.17. The van der Waals surface area contributed by atoms with Crippen LogP contribution in [-0.2, 0) is 4.79 Å². The number of nitrogens with zero attached hydrogens (tertiary/aromatic N) is 3. The van der Waals surface area contributed by atoms with Gasteiger partial charge in [-0.1, -0.05) is 12.1 Å². The van der Waals surface area contributed by atoms with E-state index in [1.165, 1.54) is 0 Å². The van der Waals surface area contributed by atoms with E-state index in [4.69, 9.17) is 10.00 Å². The molecule has 0 aliphatic carbocycles. The van der Waals surface area contributed by atoms with Gasteiger partial charge in [-0.25, -0.2) is 0 Å². The predicted molar refractivity (Wildman–Crippen MR) is 109 cm³/mol. The summed E-state index contributed by atoms with van der Waals surface area (Å²) in [6.07, 6.45) is 2.20. The second-order valence-electron chi connectivity index (χ2n) is 8.00. The van der Waals surface area contributed by atoms with Gasteiger partial charge in [-0.05, 0) is 56.2 Å². The van der Waals surface area contributed by atoms with Gasteiger partial charge in [-0.3, -0.25) is 9.79 Å². The molecule has 0 spiro atoms. The molecule has 1 N–H and O–H groups in total. The first-order valence-electron chi connectivity index (χ1n) is 9.74. The molecular weight excluding hydrogens is 366 g/mol. The summed E-state index contributed by atoms with van der Waals surface area (Å²) < 4.78 is 6.03. The van der Waals surface area contributed by atoms with Crippen molar-refractivity contribution >= 4 is 17.8 Å². The monoisotopic (exact) mass is 389 g/mol. The fraction of sp³-hybridized carbons (Fsp3) is 0.348. The van der Waals surface area contributed by atoms with Gasteiger partial charge in [0.25, 0.3) is 0 Å². The Morgan fingerprint density at radius 1 is 1.28 bits per heavy atom. The molecule has 1 amide bonds. The highest BCUT2D eigenvalue weighted by molar-refractivity contribution is 5.82. The van der Waals surface area contributed by atoms with Gasteiger partial charge in [0, 0.05) is 24.7 Å². The number of carbonyl (C=O) groups excluding carboxylic acids is 1. The quantitative estimate of drug-likeness (QED) is 0.814. The number of rotatable bonds is 3. The lowest BCUT2D eigenvalue weighted by Gasteiger charge is -2.45. The molecule has 2 aliphatic rings. The van der Waals surface area contributed by atoms with Gasteiger partial charge in [0.2, 0.25) is 5.91 Å². The van der Waals surface area contributed by atoms with E-state index in [-0.39, 0.29) is 5.91 Å². The van der Waals surface area contributed by atoms with Crippen LogP contribution in [0.1, 0.15) is 49.4 Å². The maximum absolute atomic E-state index is 12.4. The summed E-state index contributed by atoms with van der Waals surface area (Å²) in [6, 6.07) is 14.4. The maximum atomic E-state index is 12.4. The third-order valence-corrected chi connectivity index (χ3v) is 5.54. The van der Waals surface area contributed by atoms with E-state index >= 15 is 0 Å². The molecule has 2 aromatic carbocycles. The van der Waals surface area contributed by atoms with E-state index in [1.807, 2.05) is 44.2 Å². The highest BCUT2D eigenvalue weighted by atomic mass is 16.5. The highest BCUT2D eigenvalue weighted by Gasteiger charge is 2.47. The summed E-state index contributed by atoms with van der Waals surface area (Å²) in [5.74, 6) is 0.728. The van der Waals surface area contributed by atoms with Crippen LogP contribution in [0.4, 0.5) is 5.69 Å². The Kier molecular flexibility index (Phi) is 4.85.